The molecule has 7 heteroatoms. The van der Waals surface area contributed by atoms with Crippen molar-refractivity contribution in [2.75, 3.05) is 12.4 Å². The van der Waals surface area contributed by atoms with Crippen molar-refractivity contribution in [1.82, 2.24) is 19.6 Å². The van der Waals surface area contributed by atoms with Crippen LogP contribution in [0.15, 0.2) is 48.9 Å². The molecular weight excluding hydrogens is 306 g/mol. The first-order valence-electron chi connectivity index (χ1n) is 7.56. The molecule has 1 amide bonds. The summed E-state index contributed by atoms with van der Waals surface area (Å²) < 4.78 is 8.31. The van der Waals surface area contributed by atoms with Crippen molar-refractivity contribution in [2.24, 2.45) is 0 Å². The number of rotatable bonds is 6. The molecule has 0 aliphatic rings. The molecule has 3 aromatic rings. The fraction of sp³-hybridized carbons (Fsp3) is 0.235. The highest BCUT2D eigenvalue weighted by Gasteiger charge is 2.11. The van der Waals surface area contributed by atoms with Crippen LogP contribution in [0.5, 0.6) is 0 Å². The van der Waals surface area contributed by atoms with E-state index in [1.165, 1.54) is 11.1 Å². The molecule has 0 radical (unpaired) electrons. The highest BCUT2D eigenvalue weighted by molar-refractivity contribution is 6.02. The number of nitrogens with one attached hydrogen (secondary N) is 1. The van der Waals surface area contributed by atoms with Crippen LogP contribution in [-0.4, -0.2) is 32.6 Å². The SMILES string of the molecule is COCn1ccc(C(=O)Nc2cnn(Cc3ccccc3C)c2)n1. The Morgan fingerprint density at radius 3 is 2.88 bits per heavy atom. The number of hydrogen-bond donors (Lipinski definition) is 1. The molecule has 0 aliphatic carbocycles. The van der Waals surface area contributed by atoms with E-state index in [0.717, 1.165) is 0 Å². The molecule has 1 aromatic carbocycles. The van der Waals surface area contributed by atoms with Crippen LogP contribution >= 0.6 is 0 Å². The minimum Gasteiger partial charge on any atom is -0.362 e. The summed E-state index contributed by atoms with van der Waals surface area (Å²) in [4.78, 5) is 12.2. The highest BCUT2D eigenvalue weighted by Crippen LogP contribution is 2.12. The second-order valence-corrected chi connectivity index (χ2v) is 5.47. The number of carbonyl (C=O) groups excluding carboxylic acids is 1. The Balaban J connectivity index is 1.65. The third kappa shape index (κ3) is 3.69. The van der Waals surface area contributed by atoms with E-state index in [4.69, 9.17) is 4.74 Å². The van der Waals surface area contributed by atoms with Gasteiger partial charge in [-0.05, 0) is 24.1 Å². The minimum atomic E-state index is -0.278. The van der Waals surface area contributed by atoms with Crippen molar-refractivity contribution in [3.8, 4) is 0 Å². The molecule has 2 aromatic heterocycles. The lowest BCUT2D eigenvalue weighted by Gasteiger charge is -2.05. The molecule has 2 heterocycles. The van der Waals surface area contributed by atoms with Crippen molar-refractivity contribution in [3.05, 3.63) is 65.7 Å². The fourth-order valence-corrected chi connectivity index (χ4v) is 2.36. The van der Waals surface area contributed by atoms with Crippen molar-refractivity contribution in [2.45, 2.75) is 20.2 Å². The maximum atomic E-state index is 12.2. The van der Waals surface area contributed by atoms with Crippen molar-refractivity contribution in [3.63, 3.8) is 0 Å². The molecule has 0 unspecified atom stereocenters. The second kappa shape index (κ2) is 7.10. The molecule has 3 rings (SSSR count). The molecular formula is C17H19N5O2. The van der Waals surface area contributed by atoms with Crippen LogP contribution in [0.4, 0.5) is 5.69 Å². The maximum Gasteiger partial charge on any atom is 0.276 e. The van der Waals surface area contributed by atoms with Gasteiger partial charge >= 0.3 is 0 Å². The highest BCUT2D eigenvalue weighted by atomic mass is 16.5. The van der Waals surface area contributed by atoms with Crippen LogP contribution in [0.1, 0.15) is 21.6 Å². The quantitative estimate of drug-likeness (QED) is 0.754. The Bertz CT molecular complexity index is 837. The lowest BCUT2D eigenvalue weighted by molar-refractivity contribution is 0.101. The van der Waals surface area contributed by atoms with Gasteiger partial charge in [-0.25, -0.2) is 4.68 Å². The van der Waals surface area contributed by atoms with E-state index in [1.54, 1.807) is 41.1 Å². The van der Waals surface area contributed by atoms with Gasteiger partial charge < -0.3 is 10.1 Å². The van der Waals surface area contributed by atoms with Gasteiger partial charge in [0.15, 0.2) is 5.69 Å². The van der Waals surface area contributed by atoms with Gasteiger partial charge in [0.2, 0.25) is 0 Å². The Morgan fingerprint density at radius 2 is 2.08 bits per heavy atom. The number of aromatic nitrogens is 4. The normalized spacial score (nSPS) is 10.8. The first-order chi connectivity index (χ1) is 11.7. The summed E-state index contributed by atoms with van der Waals surface area (Å²) in [5, 5.41) is 11.2. The average Bonchev–Trinajstić information content (AvgIpc) is 3.20. The molecule has 0 fully saturated rings. The zero-order valence-electron chi connectivity index (χ0n) is 13.6. The summed E-state index contributed by atoms with van der Waals surface area (Å²) >= 11 is 0. The Kier molecular flexibility index (Phi) is 4.72. The number of amides is 1. The van der Waals surface area contributed by atoms with E-state index in [0.29, 0.717) is 24.7 Å². The number of anilines is 1. The van der Waals surface area contributed by atoms with Crippen LogP contribution in [0, 0.1) is 6.92 Å². The summed E-state index contributed by atoms with van der Waals surface area (Å²) in [6.45, 7) is 3.03. The smallest absolute Gasteiger partial charge is 0.276 e. The summed E-state index contributed by atoms with van der Waals surface area (Å²) in [5.74, 6) is -0.278. The number of aryl methyl sites for hydroxylation is 1. The van der Waals surface area contributed by atoms with Gasteiger partial charge in [0, 0.05) is 19.5 Å². The predicted molar refractivity (Wildman–Crippen MR) is 89.7 cm³/mol. The topological polar surface area (TPSA) is 74.0 Å². The van der Waals surface area contributed by atoms with Crippen LogP contribution in [-0.2, 0) is 18.0 Å². The Morgan fingerprint density at radius 1 is 1.25 bits per heavy atom. The number of nitrogens with zero attached hydrogens (tertiary/aromatic N) is 4. The average molecular weight is 325 g/mol. The predicted octanol–water partition coefficient (Wildman–Crippen LogP) is 2.29. The molecule has 1 N–H and O–H groups in total. The third-order valence-corrected chi connectivity index (χ3v) is 3.62. The van der Waals surface area contributed by atoms with Gasteiger partial charge in [-0.2, -0.15) is 10.2 Å². The van der Waals surface area contributed by atoms with Crippen molar-refractivity contribution < 1.29 is 9.53 Å². The summed E-state index contributed by atoms with van der Waals surface area (Å²) in [7, 11) is 1.57. The first kappa shape index (κ1) is 15.9. The fourth-order valence-electron chi connectivity index (χ4n) is 2.36. The van der Waals surface area contributed by atoms with Gasteiger partial charge in [0.25, 0.3) is 5.91 Å². The van der Waals surface area contributed by atoms with E-state index in [1.807, 2.05) is 12.1 Å². The van der Waals surface area contributed by atoms with Crippen molar-refractivity contribution in [1.29, 1.82) is 0 Å². The van der Waals surface area contributed by atoms with Crippen LogP contribution in [0.3, 0.4) is 0 Å². The van der Waals surface area contributed by atoms with Gasteiger partial charge in [-0.15, -0.1) is 0 Å². The molecule has 24 heavy (non-hydrogen) atoms. The second-order valence-electron chi connectivity index (χ2n) is 5.47. The van der Waals surface area contributed by atoms with E-state index in [9.17, 15) is 4.79 Å². The third-order valence-electron chi connectivity index (χ3n) is 3.62. The van der Waals surface area contributed by atoms with Gasteiger partial charge in [-0.1, -0.05) is 24.3 Å². The first-order valence-corrected chi connectivity index (χ1v) is 7.56. The molecule has 0 aliphatic heterocycles. The Hall–Kier alpha value is -2.93. The lowest BCUT2D eigenvalue weighted by atomic mass is 10.1. The van der Waals surface area contributed by atoms with Crippen LogP contribution in [0.2, 0.25) is 0 Å². The molecule has 0 saturated heterocycles. The summed E-state index contributed by atoms with van der Waals surface area (Å²) in [5.41, 5.74) is 3.37. The maximum absolute atomic E-state index is 12.2. The molecule has 0 saturated carbocycles. The number of carbonyl (C=O) groups is 1. The monoisotopic (exact) mass is 325 g/mol. The van der Waals surface area contributed by atoms with E-state index in [-0.39, 0.29) is 5.91 Å². The van der Waals surface area contributed by atoms with Gasteiger partial charge in [0.1, 0.15) is 6.73 Å². The number of hydrogen-bond acceptors (Lipinski definition) is 4. The van der Waals surface area contributed by atoms with Crippen LogP contribution < -0.4 is 5.32 Å². The molecule has 124 valence electrons. The van der Waals surface area contributed by atoms with Gasteiger partial charge in [-0.3, -0.25) is 9.48 Å². The number of ether oxygens (including phenoxy) is 1. The number of benzene rings is 1. The lowest BCUT2D eigenvalue weighted by Crippen LogP contribution is -2.13. The van der Waals surface area contributed by atoms with Crippen LogP contribution in [0.25, 0.3) is 0 Å². The summed E-state index contributed by atoms with van der Waals surface area (Å²) in [6, 6.07) is 9.79. The molecule has 0 spiro atoms. The largest absolute Gasteiger partial charge is 0.362 e. The van der Waals surface area contributed by atoms with E-state index < -0.39 is 0 Å². The van der Waals surface area contributed by atoms with Gasteiger partial charge in [0.05, 0.1) is 18.4 Å². The molecule has 7 nitrogen and oxygen atoms in total. The minimum absolute atomic E-state index is 0.278. The van der Waals surface area contributed by atoms with Crippen molar-refractivity contribution >= 4 is 11.6 Å². The van der Waals surface area contributed by atoms with E-state index in [2.05, 4.69) is 34.6 Å². The molecule has 0 bridgehead atoms. The number of methoxy groups -OCH3 is 1. The standard InChI is InChI=1S/C17H19N5O2/c1-13-5-3-4-6-14(13)10-22-11-15(9-18-22)19-17(23)16-7-8-21(20-16)12-24-2/h3-9,11H,10,12H2,1-2H3,(H,19,23). The summed E-state index contributed by atoms with van der Waals surface area (Å²) in [6.07, 6.45) is 5.12. The van der Waals surface area contributed by atoms with E-state index >= 15 is 0 Å². The Labute approximate surface area is 139 Å². The zero-order valence-corrected chi connectivity index (χ0v) is 13.6. The zero-order chi connectivity index (χ0) is 16.9. The molecule has 0 atom stereocenters.